The molecule has 3 aromatic rings. The van der Waals surface area contributed by atoms with E-state index in [-0.39, 0.29) is 5.91 Å². The molecule has 0 saturated carbocycles. The van der Waals surface area contributed by atoms with E-state index >= 15 is 0 Å². The first-order chi connectivity index (χ1) is 12.3. The first-order valence-electron chi connectivity index (χ1n) is 7.52. The second-order valence-electron chi connectivity index (χ2n) is 5.53. The number of aromatic nitrogens is 2. The van der Waals surface area contributed by atoms with Crippen molar-refractivity contribution >= 4 is 43.2 Å². The number of carbonyl (C=O) groups is 1. The molecular weight excluding hydrogens is 420 g/mol. The van der Waals surface area contributed by atoms with Gasteiger partial charge in [-0.3, -0.25) is 14.6 Å². The molecule has 0 unspecified atom stereocenters. The topological polar surface area (TPSA) is 104 Å². The molecule has 0 radical (unpaired) electrons. The summed E-state index contributed by atoms with van der Waals surface area (Å²) in [5.74, 6) is -0.365. The molecule has 1 heterocycles. The molecule has 0 bridgehead atoms. The van der Waals surface area contributed by atoms with Gasteiger partial charge >= 0.3 is 0 Å². The van der Waals surface area contributed by atoms with Crippen LogP contribution in [-0.4, -0.2) is 30.8 Å². The Bertz CT molecular complexity index is 1030. The molecule has 3 N–H and O–H groups in total. The van der Waals surface area contributed by atoms with Crippen molar-refractivity contribution in [1.82, 2.24) is 10.2 Å². The maximum Gasteiger partial charge on any atom is 0.274 e. The number of rotatable bonds is 5. The SMILES string of the molecule is CS(=O)(=O)Nc1ccc(NC(=O)c2[nH]nc(-c3ccccc3)c2Br)cc1. The number of hydrogen-bond acceptors (Lipinski definition) is 4. The summed E-state index contributed by atoms with van der Waals surface area (Å²) in [6.07, 6.45) is 1.07. The number of amides is 1. The zero-order chi connectivity index (χ0) is 18.7. The highest BCUT2D eigenvalue weighted by Crippen LogP contribution is 2.29. The standard InChI is InChI=1S/C17H15BrN4O3S/c1-26(24,25)22-13-9-7-12(8-10-13)19-17(23)16-14(18)15(20-21-16)11-5-3-2-4-6-11/h2-10,22H,1H3,(H,19,23)(H,20,21). The predicted octanol–water partition coefficient (Wildman–Crippen LogP) is 3.46. The van der Waals surface area contributed by atoms with E-state index in [1.807, 2.05) is 30.3 Å². The number of nitrogens with zero attached hydrogens (tertiary/aromatic N) is 1. The van der Waals surface area contributed by atoms with Gasteiger partial charge in [0.2, 0.25) is 10.0 Å². The molecule has 134 valence electrons. The van der Waals surface area contributed by atoms with Crippen molar-refractivity contribution in [3.8, 4) is 11.3 Å². The van der Waals surface area contributed by atoms with E-state index in [4.69, 9.17) is 0 Å². The summed E-state index contributed by atoms with van der Waals surface area (Å²) >= 11 is 3.42. The summed E-state index contributed by atoms with van der Waals surface area (Å²) in [5.41, 5.74) is 2.76. The van der Waals surface area contributed by atoms with Gasteiger partial charge in [0, 0.05) is 16.9 Å². The molecule has 9 heteroatoms. The van der Waals surface area contributed by atoms with Crippen molar-refractivity contribution in [2.45, 2.75) is 0 Å². The quantitative estimate of drug-likeness (QED) is 0.571. The largest absolute Gasteiger partial charge is 0.321 e. The van der Waals surface area contributed by atoms with E-state index < -0.39 is 10.0 Å². The van der Waals surface area contributed by atoms with Gasteiger partial charge in [-0.15, -0.1) is 0 Å². The molecule has 0 aliphatic rings. The van der Waals surface area contributed by atoms with Gasteiger partial charge in [-0.2, -0.15) is 5.10 Å². The fourth-order valence-electron chi connectivity index (χ4n) is 2.30. The molecule has 3 rings (SSSR count). The van der Waals surface area contributed by atoms with Crippen LogP contribution in [0.4, 0.5) is 11.4 Å². The minimum Gasteiger partial charge on any atom is -0.321 e. The van der Waals surface area contributed by atoms with E-state index in [0.29, 0.717) is 27.2 Å². The van der Waals surface area contributed by atoms with Crippen LogP contribution in [0.5, 0.6) is 0 Å². The third-order valence-corrected chi connectivity index (χ3v) is 4.81. The fraction of sp³-hybridized carbons (Fsp3) is 0.0588. The molecule has 0 aliphatic carbocycles. The van der Waals surface area contributed by atoms with Gasteiger partial charge in [-0.1, -0.05) is 30.3 Å². The Labute approximate surface area is 159 Å². The van der Waals surface area contributed by atoms with Gasteiger partial charge < -0.3 is 5.32 Å². The number of hydrogen-bond donors (Lipinski definition) is 3. The summed E-state index contributed by atoms with van der Waals surface area (Å²) < 4.78 is 25.3. The number of anilines is 2. The van der Waals surface area contributed by atoms with E-state index in [1.54, 1.807) is 24.3 Å². The van der Waals surface area contributed by atoms with Crippen molar-refractivity contribution in [1.29, 1.82) is 0 Å². The van der Waals surface area contributed by atoms with Crippen LogP contribution in [0.1, 0.15) is 10.5 Å². The number of carbonyl (C=O) groups excluding carboxylic acids is 1. The number of H-pyrrole nitrogens is 1. The van der Waals surface area contributed by atoms with Crippen LogP contribution >= 0.6 is 15.9 Å². The van der Waals surface area contributed by atoms with Crippen LogP contribution in [-0.2, 0) is 10.0 Å². The Morgan fingerprint density at radius 2 is 1.65 bits per heavy atom. The molecule has 1 aromatic heterocycles. The summed E-state index contributed by atoms with van der Waals surface area (Å²) in [7, 11) is -3.34. The van der Waals surface area contributed by atoms with Crippen LogP contribution in [0.3, 0.4) is 0 Å². The van der Waals surface area contributed by atoms with E-state index in [9.17, 15) is 13.2 Å². The third-order valence-electron chi connectivity index (χ3n) is 3.43. The number of aromatic amines is 1. The Morgan fingerprint density at radius 3 is 2.27 bits per heavy atom. The highest BCUT2D eigenvalue weighted by molar-refractivity contribution is 9.10. The van der Waals surface area contributed by atoms with Crippen LogP contribution in [0, 0.1) is 0 Å². The lowest BCUT2D eigenvalue weighted by molar-refractivity contribution is 0.102. The second-order valence-corrected chi connectivity index (χ2v) is 8.07. The number of sulfonamides is 1. The zero-order valence-corrected chi connectivity index (χ0v) is 16.1. The average molecular weight is 435 g/mol. The molecule has 0 atom stereocenters. The van der Waals surface area contributed by atoms with Gasteiger partial charge in [0.05, 0.1) is 10.7 Å². The Morgan fingerprint density at radius 1 is 1.04 bits per heavy atom. The maximum absolute atomic E-state index is 12.5. The molecule has 1 amide bonds. The van der Waals surface area contributed by atoms with E-state index in [1.165, 1.54) is 0 Å². The lowest BCUT2D eigenvalue weighted by Crippen LogP contribution is -2.13. The fourth-order valence-corrected chi connectivity index (χ4v) is 3.45. The molecule has 0 spiro atoms. The molecule has 0 saturated heterocycles. The van der Waals surface area contributed by atoms with E-state index in [0.717, 1.165) is 11.8 Å². The molecule has 7 nitrogen and oxygen atoms in total. The van der Waals surface area contributed by atoms with Gasteiger partial charge in [-0.05, 0) is 40.2 Å². The summed E-state index contributed by atoms with van der Waals surface area (Å²) in [5, 5.41) is 9.66. The molecule has 0 fully saturated rings. The zero-order valence-electron chi connectivity index (χ0n) is 13.7. The molecule has 26 heavy (non-hydrogen) atoms. The van der Waals surface area contributed by atoms with Crippen LogP contribution in [0.25, 0.3) is 11.3 Å². The Hall–Kier alpha value is -2.65. The number of benzene rings is 2. The highest BCUT2D eigenvalue weighted by Gasteiger charge is 2.18. The summed E-state index contributed by atoms with van der Waals surface area (Å²) in [4.78, 5) is 12.5. The molecule has 0 aliphatic heterocycles. The number of halogens is 1. The van der Waals surface area contributed by atoms with Crippen molar-refractivity contribution in [2.75, 3.05) is 16.3 Å². The number of nitrogens with one attached hydrogen (secondary N) is 3. The Kier molecular flexibility index (Phi) is 5.10. The third kappa shape index (κ3) is 4.30. The second kappa shape index (κ2) is 7.30. The first-order valence-corrected chi connectivity index (χ1v) is 10.2. The van der Waals surface area contributed by atoms with Crippen molar-refractivity contribution in [3.05, 3.63) is 64.8 Å². The van der Waals surface area contributed by atoms with E-state index in [2.05, 4.69) is 36.2 Å². The maximum atomic E-state index is 12.5. The minimum absolute atomic E-state index is 0.294. The van der Waals surface area contributed by atoms with Crippen molar-refractivity contribution < 1.29 is 13.2 Å². The molecule has 2 aromatic carbocycles. The Balaban J connectivity index is 1.76. The lowest BCUT2D eigenvalue weighted by atomic mass is 10.1. The normalized spacial score (nSPS) is 11.2. The highest BCUT2D eigenvalue weighted by atomic mass is 79.9. The first kappa shape index (κ1) is 18.2. The lowest BCUT2D eigenvalue weighted by Gasteiger charge is -2.07. The van der Waals surface area contributed by atoms with Gasteiger partial charge in [0.15, 0.2) is 0 Å². The van der Waals surface area contributed by atoms with Gasteiger partial charge in [0.1, 0.15) is 11.4 Å². The monoisotopic (exact) mass is 434 g/mol. The summed E-state index contributed by atoms with van der Waals surface area (Å²) in [6.45, 7) is 0. The predicted molar refractivity (Wildman–Crippen MR) is 105 cm³/mol. The minimum atomic E-state index is -3.34. The van der Waals surface area contributed by atoms with Crippen LogP contribution in [0.2, 0.25) is 0 Å². The van der Waals surface area contributed by atoms with Gasteiger partial charge in [0.25, 0.3) is 5.91 Å². The summed E-state index contributed by atoms with van der Waals surface area (Å²) in [6, 6.07) is 15.8. The van der Waals surface area contributed by atoms with Gasteiger partial charge in [-0.25, -0.2) is 8.42 Å². The van der Waals surface area contributed by atoms with Crippen LogP contribution < -0.4 is 10.0 Å². The van der Waals surface area contributed by atoms with Crippen molar-refractivity contribution in [3.63, 3.8) is 0 Å². The molecular formula is C17H15BrN4O3S. The van der Waals surface area contributed by atoms with Crippen LogP contribution in [0.15, 0.2) is 59.1 Å². The van der Waals surface area contributed by atoms with Crippen molar-refractivity contribution in [2.24, 2.45) is 0 Å². The average Bonchev–Trinajstić information content (AvgIpc) is 2.98. The smallest absolute Gasteiger partial charge is 0.274 e.